The smallest absolute Gasteiger partial charge is 0.206 e. The van der Waals surface area contributed by atoms with Crippen LogP contribution in [0.15, 0.2) is 0 Å². The van der Waals surface area contributed by atoms with Crippen molar-refractivity contribution < 1.29 is 4.74 Å². The molecular weight excluding hydrogens is 198 g/mol. The van der Waals surface area contributed by atoms with Crippen molar-refractivity contribution in [3.63, 3.8) is 0 Å². The molecule has 0 aromatic carbocycles. The maximum atomic E-state index is 5.07. The minimum Gasteiger partial charge on any atom is -0.377 e. The second kappa shape index (κ2) is 4.23. The molecular formula is C9H15N3OS. The summed E-state index contributed by atoms with van der Waals surface area (Å²) < 4.78 is 5.07. The zero-order valence-electron chi connectivity index (χ0n) is 8.49. The van der Waals surface area contributed by atoms with Crippen LogP contribution in [0.1, 0.15) is 18.9 Å². The second-order valence-electron chi connectivity index (χ2n) is 3.98. The average Bonchev–Trinajstić information content (AvgIpc) is 2.44. The van der Waals surface area contributed by atoms with Crippen molar-refractivity contribution in [2.45, 2.75) is 26.3 Å². The maximum absolute atomic E-state index is 5.07. The van der Waals surface area contributed by atoms with E-state index in [1.54, 1.807) is 11.3 Å². The highest BCUT2D eigenvalue weighted by Crippen LogP contribution is 2.20. The monoisotopic (exact) mass is 213 g/mol. The van der Waals surface area contributed by atoms with Gasteiger partial charge in [0.05, 0.1) is 19.3 Å². The summed E-state index contributed by atoms with van der Waals surface area (Å²) in [6.07, 6.45) is 1.01. The van der Waals surface area contributed by atoms with Crippen molar-refractivity contribution in [3.05, 3.63) is 5.01 Å². The van der Waals surface area contributed by atoms with Gasteiger partial charge in [-0.3, -0.25) is 0 Å². The van der Waals surface area contributed by atoms with E-state index in [0.717, 1.165) is 29.8 Å². The minimum atomic E-state index is 0.440. The van der Waals surface area contributed by atoms with Crippen LogP contribution in [-0.2, 0) is 11.2 Å². The van der Waals surface area contributed by atoms with E-state index in [1.807, 2.05) is 0 Å². The van der Waals surface area contributed by atoms with Gasteiger partial charge in [-0.05, 0) is 5.92 Å². The van der Waals surface area contributed by atoms with E-state index in [-0.39, 0.29) is 0 Å². The molecule has 1 aliphatic rings. The highest BCUT2D eigenvalue weighted by atomic mass is 32.1. The van der Waals surface area contributed by atoms with Crippen molar-refractivity contribution >= 4 is 16.5 Å². The van der Waals surface area contributed by atoms with Crippen LogP contribution in [0.4, 0.5) is 5.13 Å². The van der Waals surface area contributed by atoms with Gasteiger partial charge in [0.25, 0.3) is 0 Å². The number of hydrogen-bond acceptors (Lipinski definition) is 5. The van der Waals surface area contributed by atoms with Gasteiger partial charge in [0.15, 0.2) is 0 Å². The van der Waals surface area contributed by atoms with E-state index in [9.17, 15) is 0 Å². The molecule has 1 aliphatic heterocycles. The summed E-state index contributed by atoms with van der Waals surface area (Å²) in [5.41, 5.74) is 0. The molecule has 0 spiro atoms. The summed E-state index contributed by atoms with van der Waals surface area (Å²) in [6, 6.07) is 0.440. The quantitative estimate of drug-likeness (QED) is 0.824. The maximum Gasteiger partial charge on any atom is 0.206 e. The third kappa shape index (κ3) is 2.42. The zero-order valence-corrected chi connectivity index (χ0v) is 9.30. The van der Waals surface area contributed by atoms with Crippen molar-refractivity contribution in [1.29, 1.82) is 0 Å². The molecule has 1 saturated heterocycles. The fourth-order valence-electron chi connectivity index (χ4n) is 1.24. The van der Waals surface area contributed by atoms with Crippen LogP contribution < -0.4 is 5.32 Å². The van der Waals surface area contributed by atoms with Gasteiger partial charge in [-0.25, -0.2) is 0 Å². The molecule has 1 N–H and O–H groups in total. The van der Waals surface area contributed by atoms with Crippen LogP contribution in [0.2, 0.25) is 0 Å². The third-order valence-corrected chi connectivity index (χ3v) is 2.89. The molecule has 1 aromatic rings. The first-order valence-electron chi connectivity index (χ1n) is 4.90. The van der Waals surface area contributed by atoms with E-state index in [4.69, 9.17) is 4.74 Å². The van der Waals surface area contributed by atoms with E-state index < -0.39 is 0 Å². The van der Waals surface area contributed by atoms with Crippen molar-refractivity contribution in [2.24, 2.45) is 5.92 Å². The molecule has 2 rings (SSSR count). The Bertz CT molecular complexity index is 296. The molecule has 14 heavy (non-hydrogen) atoms. The van der Waals surface area contributed by atoms with Gasteiger partial charge in [-0.1, -0.05) is 25.2 Å². The van der Waals surface area contributed by atoms with Crippen LogP contribution in [0.5, 0.6) is 0 Å². The number of ether oxygens (including phenoxy) is 1. The van der Waals surface area contributed by atoms with E-state index >= 15 is 0 Å². The molecule has 0 radical (unpaired) electrons. The second-order valence-corrected chi connectivity index (χ2v) is 5.04. The number of nitrogens with one attached hydrogen (secondary N) is 1. The summed E-state index contributed by atoms with van der Waals surface area (Å²) in [5.74, 6) is 0.642. The highest BCUT2D eigenvalue weighted by Gasteiger charge is 2.19. The first kappa shape index (κ1) is 9.86. The van der Waals surface area contributed by atoms with E-state index in [0.29, 0.717) is 12.0 Å². The third-order valence-electron chi connectivity index (χ3n) is 2.02. The van der Waals surface area contributed by atoms with Gasteiger partial charge in [0, 0.05) is 6.42 Å². The predicted octanol–water partition coefficient (Wildman–Crippen LogP) is 1.55. The molecule has 0 amide bonds. The molecule has 0 aliphatic carbocycles. The number of hydrogen-bond donors (Lipinski definition) is 1. The number of anilines is 1. The van der Waals surface area contributed by atoms with Crippen molar-refractivity contribution in [1.82, 2.24) is 10.2 Å². The molecule has 0 bridgehead atoms. The minimum absolute atomic E-state index is 0.440. The summed E-state index contributed by atoms with van der Waals surface area (Å²) in [6.45, 7) is 5.96. The van der Waals surface area contributed by atoms with Gasteiger partial charge in [0.1, 0.15) is 5.01 Å². The standard InChI is InChI=1S/C9H15N3OS/c1-6(2)3-8-11-12-9(14-8)10-7-4-13-5-7/h6-7H,3-5H2,1-2H3,(H,10,12). The summed E-state index contributed by atoms with van der Waals surface area (Å²) in [4.78, 5) is 0. The lowest BCUT2D eigenvalue weighted by molar-refractivity contribution is 0.0211. The normalized spacial score (nSPS) is 17.1. The number of aromatic nitrogens is 2. The Kier molecular flexibility index (Phi) is 2.98. The van der Waals surface area contributed by atoms with Crippen LogP contribution in [-0.4, -0.2) is 29.5 Å². The highest BCUT2D eigenvalue weighted by molar-refractivity contribution is 7.15. The molecule has 0 saturated carbocycles. The van der Waals surface area contributed by atoms with Gasteiger partial charge in [0.2, 0.25) is 5.13 Å². The average molecular weight is 213 g/mol. The van der Waals surface area contributed by atoms with Crippen LogP contribution in [0, 0.1) is 5.92 Å². The molecule has 2 heterocycles. The number of rotatable bonds is 4. The SMILES string of the molecule is CC(C)Cc1nnc(NC2COC2)s1. The van der Waals surface area contributed by atoms with Crippen LogP contribution in [0.3, 0.4) is 0 Å². The molecule has 1 aromatic heterocycles. The van der Waals surface area contributed by atoms with Crippen molar-refractivity contribution in [3.8, 4) is 0 Å². The van der Waals surface area contributed by atoms with E-state index in [1.165, 1.54) is 0 Å². The first-order chi connectivity index (χ1) is 6.74. The molecule has 0 unspecified atom stereocenters. The Morgan fingerprint density at radius 3 is 2.86 bits per heavy atom. The summed E-state index contributed by atoms with van der Waals surface area (Å²) in [5, 5.41) is 13.6. The molecule has 4 nitrogen and oxygen atoms in total. The molecule has 78 valence electrons. The molecule has 1 fully saturated rings. The molecule has 5 heteroatoms. The zero-order chi connectivity index (χ0) is 9.97. The van der Waals surface area contributed by atoms with Crippen LogP contribution >= 0.6 is 11.3 Å². The largest absolute Gasteiger partial charge is 0.377 e. The first-order valence-corrected chi connectivity index (χ1v) is 5.72. The van der Waals surface area contributed by atoms with Gasteiger partial charge in [-0.15, -0.1) is 10.2 Å². The van der Waals surface area contributed by atoms with E-state index in [2.05, 4.69) is 29.4 Å². The van der Waals surface area contributed by atoms with Gasteiger partial charge >= 0.3 is 0 Å². The number of nitrogens with zero attached hydrogens (tertiary/aromatic N) is 2. The Balaban J connectivity index is 1.88. The summed E-state index contributed by atoms with van der Waals surface area (Å²) in [7, 11) is 0. The van der Waals surface area contributed by atoms with Gasteiger partial charge < -0.3 is 10.1 Å². The lowest BCUT2D eigenvalue weighted by atomic mass is 10.1. The fraction of sp³-hybridized carbons (Fsp3) is 0.778. The Hall–Kier alpha value is -0.680. The molecule has 0 atom stereocenters. The lowest BCUT2D eigenvalue weighted by Gasteiger charge is -2.26. The topological polar surface area (TPSA) is 47.0 Å². The summed E-state index contributed by atoms with van der Waals surface area (Å²) >= 11 is 1.65. The Morgan fingerprint density at radius 1 is 1.50 bits per heavy atom. The van der Waals surface area contributed by atoms with Gasteiger partial charge in [-0.2, -0.15) is 0 Å². The predicted molar refractivity (Wildman–Crippen MR) is 56.7 cm³/mol. The Labute approximate surface area is 87.7 Å². The Morgan fingerprint density at radius 2 is 2.29 bits per heavy atom. The van der Waals surface area contributed by atoms with Crippen molar-refractivity contribution in [2.75, 3.05) is 18.5 Å². The lowest BCUT2D eigenvalue weighted by Crippen LogP contribution is -2.40. The fourth-order valence-corrected chi connectivity index (χ4v) is 2.27. The van der Waals surface area contributed by atoms with Crippen LogP contribution in [0.25, 0.3) is 0 Å².